The predicted molar refractivity (Wildman–Crippen MR) is 98.3 cm³/mol. The van der Waals surface area contributed by atoms with Gasteiger partial charge in [-0.3, -0.25) is 14.5 Å². The molecule has 0 saturated carbocycles. The second kappa shape index (κ2) is 8.08. The Bertz CT molecular complexity index is 715. The topological polar surface area (TPSA) is 49.4 Å². The molecule has 3 rings (SSSR count). The highest BCUT2D eigenvalue weighted by molar-refractivity contribution is 5.98. The van der Waals surface area contributed by atoms with E-state index in [1.54, 1.807) is 0 Å². The third kappa shape index (κ3) is 4.15. The fourth-order valence-electron chi connectivity index (χ4n) is 3.67. The Morgan fingerprint density at radius 3 is 2.32 bits per heavy atom. The fourth-order valence-corrected chi connectivity index (χ4v) is 3.67. The van der Waals surface area contributed by atoms with Gasteiger partial charge < -0.3 is 5.32 Å². The molecule has 0 aromatic heterocycles. The second-order valence-corrected chi connectivity index (χ2v) is 6.50. The second-order valence-electron chi connectivity index (χ2n) is 6.50. The van der Waals surface area contributed by atoms with Gasteiger partial charge in [0, 0.05) is 37.5 Å². The molecule has 2 aromatic rings. The minimum absolute atomic E-state index is 0.0210. The molecule has 0 bridgehead atoms. The molecular formula is C21H24N2O2. The van der Waals surface area contributed by atoms with Crippen molar-refractivity contribution in [1.82, 2.24) is 10.2 Å². The van der Waals surface area contributed by atoms with Crippen LogP contribution in [0.2, 0.25) is 0 Å². The Hall–Kier alpha value is -2.46. The summed E-state index contributed by atoms with van der Waals surface area (Å²) in [5.74, 6) is 0.131. The zero-order valence-electron chi connectivity index (χ0n) is 14.5. The van der Waals surface area contributed by atoms with Crippen molar-refractivity contribution in [2.45, 2.75) is 19.4 Å². The third-order valence-electron chi connectivity index (χ3n) is 4.81. The number of likely N-dealkylation sites (tertiary alicyclic amines) is 1. The molecular weight excluding hydrogens is 312 g/mol. The van der Waals surface area contributed by atoms with Crippen molar-refractivity contribution in [3.05, 3.63) is 71.8 Å². The molecule has 2 aromatic carbocycles. The number of hydrogen-bond acceptors (Lipinski definition) is 3. The van der Waals surface area contributed by atoms with Gasteiger partial charge in [-0.25, -0.2) is 0 Å². The number of carbonyl (C=O) groups is 2. The number of nitrogens with one attached hydrogen (secondary N) is 1. The Morgan fingerprint density at radius 2 is 1.68 bits per heavy atom. The number of hydrogen-bond donors (Lipinski definition) is 1. The van der Waals surface area contributed by atoms with Gasteiger partial charge in [0.1, 0.15) is 0 Å². The quantitative estimate of drug-likeness (QED) is 0.825. The van der Waals surface area contributed by atoms with Crippen LogP contribution in [-0.2, 0) is 4.79 Å². The van der Waals surface area contributed by atoms with Crippen molar-refractivity contribution >= 4 is 11.7 Å². The summed E-state index contributed by atoms with van der Waals surface area (Å²) < 4.78 is 0. The van der Waals surface area contributed by atoms with Gasteiger partial charge >= 0.3 is 0 Å². The van der Waals surface area contributed by atoms with E-state index >= 15 is 0 Å². The molecule has 4 heteroatoms. The smallest absolute Gasteiger partial charge is 0.216 e. The van der Waals surface area contributed by atoms with Crippen LogP contribution in [0, 0.1) is 5.92 Å². The monoisotopic (exact) mass is 336 g/mol. The number of Topliss-reactive ketones (excluding diaryl/α,β-unsaturated/α-hetero) is 1. The van der Waals surface area contributed by atoms with E-state index < -0.39 is 0 Å². The maximum Gasteiger partial charge on any atom is 0.216 e. The Balaban J connectivity index is 1.82. The van der Waals surface area contributed by atoms with Crippen molar-refractivity contribution in [2.75, 3.05) is 19.6 Å². The van der Waals surface area contributed by atoms with Gasteiger partial charge in [0.2, 0.25) is 5.91 Å². The molecule has 1 amide bonds. The van der Waals surface area contributed by atoms with E-state index in [0.717, 1.165) is 30.6 Å². The minimum atomic E-state index is -0.0536. The highest BCUT2D eigenvalue weighted by Crippen LogP contribution is 2.38. The summed E-state index contributed by atoms with van der Waals surface area (Å²) in [5, 5.41) is 2.85. The Morgan fingerprint density at radius 1 is 1.04 bits per heavy atom. The largest absolute Gasteiger partial charge is 0.355 e. The molecule has 1 fully saturated rings. The first kappa shape index (κ1) is 17.4. The number of benzene rings is 2. The molecule has 0 spiro atoms. The normalized spacial score (nSPS) is 20.4. The predicted octanol–water partition coefficient (Wildman–Crippen LogP) is 3.07. The number of amides is 1. The van der Waals surface area contributed by atoms with Crippen LogP contribution in [0.3, 0.4) is 0 Å². The van der Waals surface area contributed by atoms with Gasteiger partial charge in [-0.15, -0.1) is 0 Å². The summed E-state index contributed by atoms with van der Waals surface area (Å²) in [4.78, 5) is 26.5. The molecule has 4 nitrogen and oxygen atoms in total. The number of rotatable bonds is 6. The Labute approximate surface area is 148 Å². The van der Waals surface area contributed by atoms with Crippen LogP contribution in [-0.4, -0.2) is 36.2 Å². The molecule has 25 heavy (non-hydrogen) atoms. The van der Waals surface area contributed by atoms with E-state index in [-0.39, 0.29) is 23.7 Å². The highest BCUT2D eigenvalue weighted by Gasteiger charge is 2.39. The molecule has 1 heterocycles. The van der Waals surface area contributed by atoms with Crippen molar-refractivity contribution in [3.8, 4) is 0 Å². The first-order chi connectivity index (χ1) is 12.2. The molecule has 1 saturated heterocycles. The van der Waals surface area contributed by atoms with E-state index in [0.29, 0.717) is 6.54 Å². The molecule has 1 aliphatic heterocycles. The van der Waals surface area contributed by atoms with Crippen LogP contribution in [0.15, 0.2) is 60.7 Å². The lowest BCUT2D eigenvalue weighted by molar-refractivity contribution is -0.119. The number of ketones is 1. The highest BCUT2D eigenvalue weighted by atomic mass is 16.1. The van der Waals surface area contributed by atoms with Gasteiger partial charge in [-0.2, -0.15) is 0 Å². The summed E-state index contributed by atoms with van der Waals surface area (Å²) in [6, 6.07) is 19.8. The van der Waals surface area contributed by atoms with Crippen molar-refractivity contribution in [3.63, 3.8) is 0 Å². The van der Waals surface area contributed by atoms with Crippen LogP contribution in [0.4, 0.5) is 0 Å². The first-order valence-corrected chi connectivity index (χ1v) is 8.79. The van der Waals surface area contributed by atoms with E-state index in [4.69, 9.17) is 0 Å². The van der Waals surface area contributed by atoms with Crippen LogP contribution >= 0.6 is 0 Å². The summed E-state index contributed by atoms with van der Waals surface area (Å²) >= 11 is 0. The number of nitrogens with zero attached hydrogens (tertiary/aromatic N) is 1. The molecule has 0 unspecified atom stereocenters. The molecule has 1 N–H and O–H groups in total. The van der Waals surface area contributed by atoms with E-state index in [9.17, 15) is 9.59 Å². The average molecular weight is 336 g/mol. The van der Waals surface area contributed by atoms with Gasteiger partial charge in [-0.05, 0) is 18.5 Å². The van der Waals surface area contributed by atoms with Gasteiger partial charge in [0.25, 0.3) is 0 Å². The SMILES string of the molecule is CC(=O)NCCN1CC[C@H](C(=O)c2ccccc2)[C@H]1c1ccccc1. The first-order valence-electron chi connectivity index (χ1n) is 8.79. The lowest BCUT2D eigenvalue weighted by atomic mass is 9.87. The van der Waals surface area contributed by atoms with E-state index in [1.807, 2.05) is 48.5 Å². The zero-order valence-corrected chi connectivity index (χ0v) is 14.5. The van der Waals surface area contributed by atoms with Crippen LogP contribution in [0.5, 0.6) is 0 Å². The van der Waals surface area contributed by atoms with Gasteiger partial charge in [0.15, 0.2) is 5.78 Å². The molecule has 0 aliphatic carbocycles. The summed E-state index contributed by atoms with van der Waals surface area (Å²) in [6.45, 7) is 3.74. The van der Waals surface area contributed by atoms with Crippen molar-refractivity contribution in [1.29, 1.82) is 0 Å². The fraction of sp³-hybridized carbons (Fsp3) is 0.333. The van der Waals surface area contributed by atoms with Crippen molar-refractivity contribution in [2.24, 2.45) is 5.92 Å². The van der Waals surface area contributed by atoms with Crippen LogP contribution in [0.25, 0.3) is 0 Å². The lowest BCUT2D eigenvalue weighted by Gasteiger charge is -2.28. The standard InChI is InChI=1S/C21H24N2O2/c1-16(24)22-13-15-23-14-12-19(20(23)17-8-4-2-5-9-17)21(25)18-10-6-3-7-11-18/h2-11,19-20H,12-15H2,1H3,(H,22,24)/t19-,20+/m0/s1. The summed E-state index contributed by atoms with van der Waals surface area (Å²) in [6.07, 6.45) is 0.841. The van der Waals surface area contributed by atoms with Crippen LogP contribution in [0.1, 0.15) is 35.3 Å². The molecule has 0 radical (unpaired) electrons. The number of carbonyl (C=O) groups excluding carboxylic acids is 2. The maximum atomic E-state index is 13.1. The maximum absolute atomic E-state index is 13.1. The van der Waals surface area contributed by atoms with Gasteiger partial charge in [0.05, 0.1) is 0 Å². The molecule has 2 atom stereocenters. The summed E-state index contributed by atoms with van der Waals surface area (Å²) in [7, 11) is 0. The average Bonchev–Trinajstić information content (AvgIpc) is 3.06. The molecule has 1 aliphatic rings. The summed E-state index contributed by atoms with van der Waals surface area (Å²) in [5.41, 5.74) is 1.94. The molecule has 130 valence electrons. The van der Waals surface area contributed by atoms with Gasteiger partial charge in [-0.1, -0.05) is 60.7 Å². The minimum Gasteiger partial charge on any atom is -0.355 e. The third-order valence-corrected chi connectivity index (χ3v) is 4.81. The Kier molecular flexibility index (Phi) is 5.61. The van der Waals surface area contributed by atoms with E-state index in [2.05, 4.69) is 22.3 Å². The van der Waals surface area contributed by atoms with Crippen LogP contribution < -0.4 is 5.32 Å². The zero-order chi connectivity index (χ0) is 17.6. The van der Waals surface area contributed by atoms with Crippen molar-refractivity contribution < 1.29 is 9.59 Å². The lowest BCUT2D eigenvalue weighted by Crippen LogP contribution is -2.35. The van der Waals surface area contributed by atoms with E-state index in [1.165, 1.54) is 6.92 Å².